The van der Waals surface area contributed by atoms with Crippen molar-refractivity contribution in [3.8, 4) is 0 Å². The average molecular weight is 150 g/mol. The first-order valence-corrected chi connectivity index (χ1v) is 2.75. The molecule has 0 spiro atoms. The van der Waals surface area contributed by atoms with E-state index in [0.717, 1.165) is 0 Å². The molecule has 0 saturated carbocycles. The zero-order valence-electron chi connectivity index (χ0n) is 5.27. The maximum Gasteiger partial charge on any atom is 0.215 e. The molecule has 0 aromatic carbocycles. The van der Waals surface area contributed by atoms with Gasteiger partial charge >= 0.3 is 0 Å². The van der Waals surface area contributed by atoms with Crippen molar-refractivity contribution in [3.05, 3.63) is 0 Å². The lowest BCUT2D eigenvalue weighted by Gasteiger charge is -2.21. The van der Waals surface area contributed by atoms with Gasteiger partial charge in [-0.25, -0.2) is 0 Å². The minimum absolute atomic E-state index is 0.120. The van der Waals surface area contributed by atoms with E-state index in [4.69, 9.17) is 20.4 Å². The van der Waals surface area contributed by atoms with Gasteiger partial charge in [-0.15, -0.1) is 0 Å². The fourth-order valence-electron chi connectivity index (χ4n) is 0.400. The molecule has 0 aliphatic heterocycles. The van der Waals surface area contributed by atoms with Crippen LogP contribution in [0.3, 0.4) is 0 Å². The standard InChI is InChI=1S/C5H10O5/c6-3-1-2-5(9,10)4(7)8/h3-4,7-10H,1-2H2. The third kappa shape index (κ3) is 2.88. The molecule has 5 nitrogen and oxygen atoms in total. The number of rotatable bonds is 4. The molecular weight excluding hydrogens is 140 g/mol. The van der Waals surface area contributed by atoms with Gasteiger partial charge in [0.2, 0.25) is 12.1 Å². The molecule has 0 rings (SSSR count). The molecule has 60 valence electrons. The highest BCUT2D eigenvalue weighted by atomic mass is 16.6. The molecule has 0 aromatic heterocycles. The van der Waals surface area contributed by atoms with Crippen LogP contribution in [0.25, 0.3) is 0 Å². The number of carbonyl (C=O) groups is 1. The summed E-state index contributed by atoms with van der Waals surface area (Å²) in [5, 5.41) is 33.7. The van der Waals surface area contributed by atoms with E-state index < -0.39 is 12.1 Å². The molecular formula is C5H10O5. The van der Waals surface area contributed by atoms with E-state index in [1.807, 2.05) is 0 Å². The Morgan fingerprint density at radius 2 is 1.90 bits per heavy atom. The summed E-state index contributed by atoms with van der Waals surface area (Å²) in [7, 11) is 0. The molecule has 0 aliphatic rings. The van der Waals surface area contributed by atoms with E-state index >= 15 is 0 Å². The van der Waals surface area contributed by atoms with Crippen molar-refractivity contribution in [2.45, 2.75) is 24.9 Å². The predicted octanol–water partition coefficient (Wildman–Crippen LogP) is -2.04. The Morgan fingerprint density at radius 1 is 1.40 bits per heavy atom. The van der Waals surface area contributed by atoms with Crippen LogP contribution >= 0.6 is 0 Å². The van der Waals surface area contributed by atoms with Crippen LogP contribution in [0.4, 0.5) is 0 Å². The van der Waals surface area contributed by atoms with Gasteiger partial charge < -0.3 is 25.2 Å². The van der Waals surface area contributed by atoms with Gasteiger partial charge in [0.05, 0.1) is 0 Å². The van der Waals surface area contributed by atoms with Crippen molar-refractivity contribution in [1.29, 1.82) is 0 Å². The summed E-state index contributed by atoms with van der Waals surface area (Å²) in [6.07, 6.45) is -2.27. The number of aldehydes is 1. The van der Waals surface area contributed by atoms with E-state index in [-0.39, 0.29) is 12.8 Å². The second kappa shape index (κ2) is 3.62. The summed E-state index contributed by atoms with van der Waals surface area (Å²) in [4.78, 5) is 9.69. The highest BCUT2D eigenvalue weighted by Gasteiger charge is 2.30. The summed E-state index contributed by atoms with van der Waals surface area (Å²) >= 11 is 0. The molecule has 0 saturated heterocycles. The Morgan fingerprint density at radius 3 is 2.20 bits per heavy atom. The Hall–Kier alpha value is -0.490. The highest BCUT2D eigenvalue weighted by molar-refractivity contribution is 5.49. The Kier molecular flexibility index (Phi) is 3.45. The maximum atomic E-state index is 9.69. The van der Waals surface area contributed by atoms with Gasteiger partial charge in [-0.3, -0.25) is 0 Å². The molecule has 4 N–H and O–H groups in total. The van der Waals surface area contributed by atoms with Crippen molar-refractivity contribution in [3.63, 3.8) is 0 Å². The summed E-state index contributed by atoms with van der Waals surface area (Å²) in [6, 6.07) is 0. The fraction of sp³-hybridized carbons (Fsp3) is 0.800. The Bertz CT molecular complexity index is 109. The molecule has 0 heterocycles. The zero-order chi connectivity index (χ0) is 8.20. The van der Waals surface area contributed by atoms with Gasteiger partial charge in [-0.1, -0.05) is 0 Å². The van der Waals surface area contributed by atoms with E-state index in [0.29, 0.717) is 6.29 Å². The molecule has 10 heavy (non-hydrogen) atoms. The lowest BCUT2D eigenvalue weighted by Crippen LogP contribution is -2.41. The number of carbonyl (C=O) groups excluding carboxylic acids is 1. The first kappa shape index (κ1) is 9.51. The summed E-state index contributed by atoms with van der Waals surface area (Å²) in [5.41, 5.74) is 0. The lowest BCUT2D eigenvalue weighted by atomic mass is 10.1. The monoisotopic (exact) mass is 150 g/mol. The second-order valence-corrected chi connectivity index (χ2v) is 1.96. The van der Waals surface area contributed by atoms with Crippen LogP contribution in [-0.4, -0.2) is 38.8 Å². The van der Waals surface area contributed by atoms with Gasteiger partial charge in [-0.2, -0.15) is 0 Å². The number of hydrogen-bond donors (Lipinski definition) is 4. The summed E-state index contributed by atoms with van der Waals surface area (Å²) in [5.74, 6) is -2.57. The van der Waals surface area contributed by atoms with Crippen molar-refractivity contribution < 1.29 is 25.2 Å². The van der Waals surface area contributed by atoms with E-state index in [1.54, 1.807) is 0 Å². The molecule has 0 aliphatic carbocycles. The SMILES string of the molecule is O=CCCC(O)(O)C(O)O. The normalized spacial score (nSPS) is 12.1. The smallest absolute Gasteiger partial charge is 0.215 e. The van der Waals surface area contributed by atoms with Crippen molar-refractivity contribution in [2.75, 3.05) is 0 Å². The van der Waals surface area contributed by atoms with Crippen LogP contribution in [0.5, 0.6) is 0 Å². The van der Waals surface area contributed by atoms with Gasteiger partial charge in [0.15, 0.2) is 0 Å². The van der Waals surface area contributed by atoms with Gasteiger partial charge in [0.1, 0.15) is 6.29 Å². The number of aliphatic hydroxyl groups excluding tert-OH is 1. The molecule has 5 heteroatoms. The van der Waals surface area contributed by atoms with Crippen LogP contribution in [0.1, 0.15) is 12.8 Å². The third-order valence-corrected chi connectivity index (χ3v) is 1.04. The van der Waals surface area contributed by atoms with E-state index in [2.05, 4.69) is 0 Å². The highest BCUT2D eigenvalue weighted by Crippen LogP contribution is 2.10. The predicted molar refractivity (Wildman–Crippen MR) is 30.7 cm³/mol. The minimum atomic E-state index is -2.57. The Labute approximate surface area is 57.5 Å². The molecule has 0 radical (unpaired) electrons. The van der Waals surface area contributed by atoms with Crippen LogP contribution in [0.2, 0.25) is 0 Å². The lowest BCUT2D eigenvalue weighted by molar-refractivity contribution is -0.291. The Balaban J connectivity index is 3.74. The van der Waals surface area contributed by atoms with Crippen LogP contribution in [0.15, 0.2) is 0 Å². The molecule has 0 bridgehead atoms. The molecule has 0 amide bonds. The number of hydrogen-bond acceptors (Lipinski definition) is 5. The molecule has 0 atom stereocenters. The van der Waals surface area contributed by atoms with Crippen LogP contribution in [0, 0.1) is 0 Å². The van der Waals surface area contributed by atoms with E-state index in [9.17, 15) is 4.79 Å². The minimum Gasteiger partial charge on any atom is -0.364 e. The number of aliphatic hydroxyl groups is 4. The van der Waals surface area contributed by atoms with Crippen molar-refractivity contribution in [1.82, 2.24) is 0 Å². The summed E-state index contributed by atoms with van der Waals surface area (Å²) < 4.78 is 0. The molecule has 0 unspecified atom stereocenters. The third-order valence-electron chi connectivity index (χ3n) is 1.04. The van der Waals surface area contributed by atoms with Crippen LogP contribution in [-0.2, 0) is 4.79 Å². The first-order chi connectivity index (χ1) is 4.50. The van der Waals surface area contributed by atoms with Crippen molar-refractivity contribution in [2.24, 2.45) is 0 Å². The van der Waals surface area contributed by atoms with Crippen molar-refractivity contribution >= 4 is 6.29 Å². The van der Waals surface area contributed by atoms with Gasteiger partial charge in [0, 0.05) is 12.8 Å². The summed E-state index contributed by atoms with van der Waals surface area (Å²) in [6.45, 7) is 0. The van der Waals surface area contributed by atoms with Crippen LogP contribution < -0.4 is 0 Å². The largest absolute Gasteiger partial charge is 0.364 e. The molecule has 0 fully saturated rings. The van der Waals surface area contributed by atoms with Gasteiger partial charge in [0.25, 0.3) is 0 Å². The molecule has 0 aromatic rings. The second-order valence-electron chi connectivity index (χ2n) is 1.96. The fourth-order valence-corrected chi connectivity index (χ4v) is 0.400. The zero-order valence-corrected chi connectivity index (χ0v) is 5.27. The average Bonchev–Trinajstić information content (AvgIpc) is 1.84. The first-order valence-electron chi connectivity index (χ1n) is 2.75. The van der Waals surface area contributed by atoms with E-state index in [1.165, 1.54) is 0 Å². The van der Waals surface area contributed by atoms with Gasteiger partial charge in [-0.05, 0) is 0 Å². The topological polar surface area (TPSA) is 98.0 Å². The quantitative estimate of drug-likeness (QED) is 0.273. The maximum absolute atomic E-state index is 9.69.